The number of carbonyl (C=O) groups is 1. The van der Waals surface area contributed by atoms with Gasteiger partial charge in [0, 0.05) is 31.6 Å². The Morgan fingerprint density at radius 3 is 2.94 bits per heavy atom. The molecule has 1 N–H and O–H groups in total. The average Bonchev–Trinajstić information content (AvgIpc) is 2.56. The van der Waals surface area contributed by atoms with Gasteiger partial charge in [-0.05, 0) is 22.9 Å². The molecule has 0 radical (unpaired) electrons. The first-order valence-electron chi connectivity index (χ1n) is 5.73. The molecule has 1 aromatic rings. The van der Waals surface area contributed by atoms with Gasteiger partial charge in [0.15, 0.2) is 0 Å². The highest BCUT2D eigenvalue weighted by molar-refractivity contribution is 9.10. The number of rotatable bonds is 3. The first kappa shape index (κ1) is 13.9. The van der Waals surface area contributed by atoms with E-state index in [0.717, 1.165) is 28.2 Å². The zero-order chi connectivity index (χ0) is 13.3. The summed E-state index contributed by atoms with van der Waals surface area (Å²) in [6, 6.07) is -0.397. The summed E-state index contributed by atoms with van der Waals surface area (Å²) < 4.78 is 2.80. The number of aliphatic carboxylic acids is 1. The summed E-state index contributed by atoms with van der Waals surface area (Å²) in [7, 11) is 1.89. The molecule has 0 spiro atoms. The van der Waals surface area contributed by atoms with E-state index >= 15 is 0 Å². The zero-order valence-corrected chi connectivity index (χ0v) is 12.8. The first-order chi connectivity index (χ1) is 8.50. The molecule has 1 aliphatic heterocycles. The third-order valence-corrected chi connectivity index (χ3v) is 5.19. The molecular formula is C11H16BrN3O2S. The molecule has 0 bridgehead atoms. The Balaban J connectivity index is 2.18. The van der Waals surface area contributed by atoms with Crippen LogP contribution in [0.15, 0.2) is 4.47 Å². The SMILES string of the molecule is Cc1nn(C)c(CN2CCSCC2C(=O)O)c1Br. The van der Waals surface area contributed by atoms with E-state index in [4.69, 9.17) is 0 Å². The maximum absolute atomic E-state index is 11.2. The Kier molecular flexibility index (Phi) is 4.34. The van der Waals surface area contributed by atoms with E-state index in [2.05, 4.69) is 21.0 Å². The molecule has 1 fully saturated rings. The highest BCUT2D eigenvalue weighted by Crippen LogP contribution is 2.25. The van der Waals surface area contributed by atoms with Crippen LogP contribution in [0.5, 0.6) is 0 Å². The van der Waals surface area contributed by atoms with Gasteiger partial charge in [0.25, 0.3) is 0 Å². The maximum atomic E-state index is 11.2. The second-order valence-corrected chi connectivity index (χ2v) is 6.31. The molecule has 5 nitrogen and oxygen atoms in total. The van der Waals surface area contributed by atoms with E-state index in [1.54, 1.807) is 11.8 Å². The largest absolute Gasteiger partial charge is 0.480 e. The fraction of sp³-hybridized carbons (Fsp3) is 0.636. The van der Waals surface area contributed by atoms with Gasteiger partial charge in [-0.2, -0.15) is 16.9 Å². The Bertz CT molecular complexity index is 463. The van der Waals surface area contributed by atoms with Crippen molar-refractivity contribution in [1.29, 1.82) is 0 Å². The lowest BCUT2D eigenvalue weighted by molar-refractivity contribution is -0.142. The van der Waals surface area contributed by atoms with Crippen molar-refractivity contribution in [2.24, 2.45) is 7.05 Å². The van der Waals surface area contributed by atoms with Gasteiger partial charge in [-0.1, -0.05) is 0 Å². The molecule has 18 heavy (non-hydrogen) atoms. The van der Waals surface area contributed by atoms with E-state index in [9.17, 15) is 9.90 Å². The molecule has 1 unspecified atom stereocenters. The fourth-order valence-electron chi connectivity index (χ4n) is 2.10. The van der Waals surface area contributed by atoms with Gasteiger partial charge in [0.1, 0.15) is 6.04 Å². The molecule has 7 heteroatoms. The van der Waals surface area contributed by atoms with Crippen LogP contribution >= 0.6 is 27.7 Å². The van der Waals surface area contributed by atoms with Gasteiger partial charge in [0.2, 0.25) is 0 Å². The van der Waals surface area contributed by atoms with Crippen molar-refractivity contribution >= 4 is 33.7 Å². The van der Waals surface area contributed by atoms with Gasteiger partial charge in [-0.15, -0.1) is 0 Å². The lowest BCUT2D eigenvalue weighted by atomic mass is 10.2. The summed E-state index contributed by atoms with van der Waals surface area (Å²) in [5, 5.41) is 13.6. The minimum atomic E-state index is -0.739. The lowest BCUT2D eigenvalue weighted by Gasteiger charge is -2.32. The molecule has 0 amide bonds. The predicted molar refractivity (Wildman–Crippen MR) is 74.8 cm³/mol. The van der Waals surface area contributed by atoms with Crippen LogP contribution in [-0.4, -0.2) is 49.8 Å². The minimum absolute atomic E-state index is 0.397. The smallest absolute Gasteiger partial charge is 0.321 e. The number of aryl methyl sites for hydroxylation is 2. The van der Waals surface area contributed by atoms with Crippen LogP contribution in [0.3, 0.4) is 0 Å². The van der Waals surface area contributed by atoms with Crippen LogP contribution in [0, 0.1) is 6.92 Å². The zero-order valence-electron chi connectivity index (χ0n) is 10.4. The van der Waals surface area contributed by atoms with Crippen LogP contribution in [0.1, 0.15) is 11.4 Å². The molecule has 2 rings (SSSR count). The highest BCUT2D eigenvalue weighted by atomic mass is 79.9. The van der Waals surface area contributed by atoms with Crippen molar-refractivity contribution in [3.8, 4) is 0 Å². The third kappa shape index (κ3) is 2.73. The second-order valence-electron chi connectivity index (χ2n) is 4.37. The minimum Gasteiger partial charge on any atom is -0.480 e. The summed E-state index contributed by atoms with van der Waals surface area (Å²) in [4.78, 5) is 13.3. The molecular weight excluding hydrogens is 318 g/mol. The Morgan fingerprint density at radius 2 is 2.39 bits per heavy atom. The Hall–Kier alpha value is -0.530. The van der Waals surface area contributed by atoms with Gasteiger partial charge >= 0.3 is 5.97 Å². The fourth-order valence-corrected chi connectivity index (χ4v) is 3.67. The number of thioether (sulfide) groups is 1. The van der Waals surface area contributed by atoms with Gasteiger partial charge in [0.05, 0.1) is 15.9 Å². The van der Waals surface area contributed by atoms with Gasteiger partial charge in [-0.3, -0.25) is 14.4 Å². The van der Waals surface area contributed by atoms with Crippen molar-refractivity contribution in [3.63, 3.8) is 0 Å². The Morgan fingerprint density at radius 1 is 1.67 bits per heavy atom. The third-order valence-electron chi connectivity index (χ3n) is 3.14. The molecule has 100 valence electrons. The van der Waals surface area contributed by atoms with E-state index in [0.29, 0.717) is 12.3 Å². The molecule has 0 saturated carbocycles. The monoisotopic (exact) mass is 333 g/mol. The summed E-state index contributed by atoms with van der Waals surface area (Å²) >= 11 is 5.22. The Labute approximate surface area is 119 Å². The summed E-state index contributed by atoms with van der Waals surface area (Å²) in [5.74, 6) is 0.902. The summed E-state index contributed by atoms with van der Waals surface area (Å²) in [5.41, 5.74) is 1.97. The maximum Gasteiger partial charge on any atom is 0.321 e. The standard InChI is InChI=1S/C11H16BrN3O2S/c1-7-10(12)8(14(2)13-7)5-15-3-4-18-6-9(15)11(16)17/h9H,3-6H2,1-2H3,(H,16,17). The van der Waals surface area contributed by atoms with Crippen LogP contribution in [0.25, 0.3) is 0 Å². The van der Waals surface area contributed by atoms with Crippen LogP contribution < -0.4 is 0 Å². The quantitative estimate of drug-likeness (QED) is 0.908. The number of nitrogens with zero attached hydrogens (tertiary/aromatic N) is 3. The van der Waals surface area contributed by atoms with Crippen LogP contribution in [0.2, 0.25) is 0 Å². The molecule has 1 saturated heterocycles. The summed E-state index contributed by atoms with van der Waals surface area (Å²) in [6.45, 7) is 3.36. The molecule has 1 aromatic heterocycles. The van der Waals surface area contributed by atoms with Crippen molar-refractivity contribution in [3.05, 3.63) is 15.9 Å². The van der Waals surface area contributed by atoms with E-state index < -0.39 is 12.0 Å². The topological polar surface area (TPSA) is 58.4 Å². The number of halogens is 1. The lowest BCUT2D eigenvalue weighted by Crippen LogP contribution is -2.46. The van der Waals surface area contributed by atoms with Crippen molar-refractivity contribution in [1.82, 2.24) is 14.7 Å². The highest BCUT2D eigenvalue weighted by Gasteiger charge is 2.30. The van der Waals surface area contributed by atoms with Crippen molar-refractivity contribution in [2.45, 2.75) is 19.5 Å². The van der Waals surface area contributed by atoms with Crippen molar-refractivity contribution in [2.75, 3.05) is 18.1 Å². The van der Waals surface area contributed by atoms with Gasteiger partial charge < -0.3 is 5.11 Å². The predicted octanol–water partition coefficient (Wildman–Crippen LogP) is 1.49. The van der Waals surface area contributed by atoms with Crippen LogP contribution in [-0.2, 0) is 18.4 Å². The van der Waals surface area contributed by atoms with E-state index in [1.165, 1.54) is 0 Å². The molecule has 1 aliphatic rings. The molecule has 0 aromatic carbocycles. The van der Waals surface area contributed by atoms with Crippen LogP contribution in [0.4, 0.5) is 0 Å². The molecule has 0 aliphatic carbocycles. The van der Waals surface area contributed by atoms with Gasteiger partial charge in [-0.25, -0.2) is 0 Å². The number of hydrogen-bond donors (Lipinski definition) is 1. The molecule has 1 atom stereocenters. The first-order valence-corrected chi connectivity index (χ1v) is 7.68. The number of carboxylic acid groups (broad SMARTS) is 1. The molecule has 2 heterocycles. The average molecular weight is 334 g/mol. The van der Waals surface area contributed by atoms with E-state index in [-0.39, 0.29) is 0 Å². The number of aromatic nitrogens is 2. The summed E-state index contributed by atoms with van der Waals surface area (Å²) in [6.07, 6.45) is 0. The van der Waals surface area contributed by atoms with Crippen molar-refractivity contribution < 1.29 is 9.90 Å². The number of carboxylic acids is 1. The van der Waals surface area contributed by atoms with E-state index in [1.807, 2.05) is 23.6 Å². The normalized spacial score (nSPS) is 21.2. The number of hydrogen-bond acceptors (Lipinski definition) is 4. The second kappa shape index (κ2) is 5.63.